The molecule has 1 aliphatic rings. The molecule has 0 aromatic carbocycles. The molecule has 0 bridgehead atoms. The number of ketones is 1. The molecule has 0 radical (unpaired) electrons. The van der Waals surface area contributed by atoms with Crippen LogP contribution in [-0.2, 0) is 14.3 Å². The van der Waals surface area contributed by atoms with Gasteiger partial charge in [-0.15, -0.1) is 0 Å². The monoisotopic (exact) mass is 270 g/mol. The van der Waals surface area contributed by atoms with Crippen molar-refractivity contribution in [3.05, 3.63) is 0 Å². The maximum absolute atomic E-state index is 11.7. The van der Waals surface area contributed by atoms with Crippen LogP contribution in [0.3, 0.4) is 0 Å². The third-order valence-corrected chi connectivity index (χ3v) is 3.04. The lowest BCUT2D eigenvalue weighted by Crippen LogP contribution is -2.48. The summed E-state index contributed by atoms with van der Waals surface area (Å²) in [7, 11) is 0. The van der Waals surface area contributed by atoms with Gasteiger partial charge in [0.2, 0.25) is 5.78 Å². The summed E-state index contributed by atoms with van der Waals surface area (Å²) < 4.78 is 5.08. The number of primary amides is 1. The van der Waals surface area contributed by atoms with Crippen molar-refractivity contribution >= 4 is 17.8 Å². The van der Waals surface area contributed by atoms with Crippen LogP contribution < -0.4 is 11.1 Å². The Labute approximate surface area is 113 Å². The number of ether oxygens (including phenoxy) is 1. The number of carbonyl (C=O) groups is 3. The van der Waals surface area contributed by atoms with E-state index in [9.17, 15) is 14.4 Å². The molecule has 0 aromatic rings. The third-order valence-electron chi connectivity index (χ3n) is 3.04. The van der Waals surface area contributed by atoms with Gasteiger partial charge in [-0.1, -0.05) is 19.3 Å². The molecule has 0 spiro atoms. The fourth-order valence-electron chi connectivity index (χ4n) is 1.91. The molecule has 1 rings (SSSR count). The minimum atomic E-state index is -1.03. The summed E-state index contributed by atoms with van der Waals surface area (Å²) in [6.07, 6.45) is 2.89. The number of carbonyl (C=O) groups excluding carboxylic acids is 3. The maximum Gasteiger partial charge on any atom is 0.408 e. The lowest BCUT2D eigenvalue weighted by Gasteiger charge is -2.29. The van der Waals surface area contributed by atoms with Crippen molar-refractivity contribution in [1.82, 2.24) is 5.32 Å². The highest BCUT2D eigenvalue weighted by Gasteiger charge is 2.31. The average Bonchev–Trinajstić information content (AvgIpc) is 2.17. The lowest BCUT2D eigenvalue weighted by atomic mass is 9.80. The van der Waals surface area contributed by atoms with E-state index in [1.807, 2.05) is 0 Å². The van der Waals surface area contributed by atoms with E-state index in [1.165, 1.54) is 0 Å². The zero-order valence-electron chi connectivity index (χ0n) is 11.7. The summed E-state index contributed by atoms with van der Waals surface area (Å²) in [5, 5.41) is 2.44. The van der Waals surface area contributed by atoms with Crippen molar-refractivity contribution in [3.63, 3.8) is 0 Å². The quantitative estimate of drug-likeness (QED) is 0.731. The standard InChI is InChI=1S/C13H22N2O4/c1-13(2,3)19-12(18)15-9(10(16)11(14)17)7-8-5-4-6-8/h8-9H,4-7H2,1-3H3,(H2,14,17)(H,15,18). The van der Waals surface area contributed by atoms with Crippen LogP contribution in [0.25, 0.3) is 0 Å². The van der Waals surface area contributed by atoms with Crippen LogP contribution in [0.5, 0.6) is 0 Å². The first-order valence-electron chi connectivity index (χ1n) is 6.52. The van der Waals surface area contributed by atoms with Crippen molar-refractivity contribution in [2.45, 2.75) is 58.1 Å². The topological polar surface area (TPSA) is 98.5 Å². The molecule has 1 fully saturated rings. The van der Waals surface area contributed by atoms with Crippen LogP contribution >= 0.6 is 0 Å². The second kappa shape index (κ2) is 6.04. The van der Waals surface area contributed by atoms with Crippen LogP contribution in [0.1, 0.15) is 46.5 Å². The molecule has 2 amide bonds. The van der Waals surface area contributed by atoms with E-state index >= 15 is 0 Å². The van der Waals surface area contributed by atoms with E-state index in [4.69, 9.17) is 10.5 Å². The van der Waals surface area contributed by atoms with Crippen LogP contribution in [-0.4, -0.2) is 29.4 Å². The highest BCUT2D eigenvalue weighted by atomic mass is 16.6. The van der Waals surface area contributed by atoms with Crippen molar-refractivity contribution in [2.75, 3.05) is 0 Å². The zero-order valence-corrected chi connectivity index (χ0v) is 11.7. The molecular weight excluding hydrogens is 248 g/mol. The average molecular weight is 270 g/mol. The molecule has 6 heteroatoms. The Morgan fingerprint density at radius 1 is 1.32 bits per heavy atom. The van der Waals surface area contributed by atoms with Crippen LogP contribution in [0.15, 0.2) is 0 Å². The minimum Gasteiger partial charge on any atom is -0.444 e. The molecule has 0 aromatic heterocycles. The Bertz CT molecular complexity index is 369. The second-order valence-corrected chi connectivity index (χ2v) is 5.96. The molecule has 19 heavy (non-hydrogen) atoms. The molecule has 1 saturated carbocycles. The van der Waals surface area contributed by atoms with Gasteiger partial charge in [-0.25, -0.2) is 4.79 Å². The van der Waals surface area contributed by atoms with Crippen molar-refractivity contribution in [3.8, 4) is 0 Å². The Hall–Kier alpha value is -1.59. The number of hydrogen-bond donors (Lipinski definition) is 2. The summed E-state index contributed by atoms with van der Waals surface area (Å²) in [6.45, 7) is 5.18. The smallest absolute Gasteiger partial charge is 0.408 e. The predicted octanol–water partition coefficient (Wildman–Crippen LogP) is 1.12. The molecule has 1 atom stereocenters. The zero-order chi connectivity index (χ0) is 14.6. The Morgan fingerprint density at radius 3 is 2.26 bits per heavy atom. The van der Waals surface area contributed by atoms with Gasteiger partial charge >= 0.3 is 6.09 Å². The van der Waals surface area contributed by atoms with Crippen LogP contribution in [0.4, 0.5) is 4.79 Å². The number of Topliss-reactive ketones (excluding diaryl/α,β-unsaturated/α-hetero) is 1. The van der Waals surface area contributed by atoms with E-state index in [1.54, 1.807) is 20.8 Å². The maximum atomic E-state index is 11.7. The molecule has 1 aliphatic carbocycles. The van der Waals surface area contributed by atoms with Gasteiger partial charge in [0.25, 0.3) is 5.91 Å². The van der Waals surface area contributed by atoms with E-state index in [0.717, 1.165) is 19.3 Å². The predicted molar refractivity (Wildman–Crippen MR) is 69.3 cm³/mol. The number of hydrogen-bond acceptors (Lipinski definition) is 4. The molecule has 0 saturated heterocycles. The van der Waals surface area contributed by atoms with E-state index in [0.29, 0.717) is 12.3 Å². The number of nitrogens with two attached hydrogens (primary N) is 1. The van der Waals surface area contributed by atoms with Gasteiger partial charge in [0.1, 0.15) is 11.6 Å². The van der Waals surface area contributed by atoms with Crippen molar-refractivity contribution < 1.29 is 19.1 Å². The molecule has 0 heterocycles. The summed E-state index contributed by atoms with van der Waals surface area (Å²) in [6, 6.07) is -0.877. The van der Waals surface area contributed by atoms with Crippen molar-refractivity contribution in [1.29, 1.82) is 0 Å². The number of nitrogens with one attached hydrogen (secondary N) is 1. The summed E-state index contributed by atoms with van der Waals surface area (Å²) in [5.41, 5.74) is 4.34. The molecule has 3 N–H and O–H groups in total. The van der Waals surface area contributed by atoms with Gasteiger partial charge in [0.05, 0.1) is 0 Å². The first-order valence-corrected chi connectivity index (χ1v) is 6.52. The molecule has 1 unspecified atom stereocenters. The Balaban J connectivity index is 2.59. The van der Waals surface area contributed by atoms with E-state index in [-0.39, 0.29) is 0 Å². The van der Waals surface area contributed by atoms with Gasteiger partial charge in [-0.3, -0.25) is 9.59 Å². The second-order valence-electron chi connectivity index (χ2n) is 5.96. The van der Waals surface area contributed by atoms with E-state index < -0.39 is 29.4 Å². The van der Waals surface area contributed by atoms with Gasteiger partial charge in [0.15, 0.2) is 0 Å². The molecular formula is C13H22N2O4. The highest BCUT2D eigenvalue weighted by molar-refractivity contribution is 6.37. The summed E-state index contributed by atoms with van der Waals surface area (Å²) >= 11 is 0. The molecule has 6 nitrogen and oxygen atoms in total. The normalized spacial score (nSPS) is 17.2. The minimum absolute atomic E-state index is 0.364. The lowest BCUT2D eigenvalue weighted by molar-refractivity contribution is -0.137. The number of alkyl carbamates (subject to hydrolysis) is 1. The first-order chi connectivity index (χ1) is 8.69. The number of amides is 2. The summed E-state index contributed by atoms with van der Waals surface area (Å²) in [4.78, 5) is 34.3. The fraction of sp³-hybridized carbons (Fsp3) is 0.769. The van der Waals surface area contributed by atoms with Gasteiger partial charge in [0, 0.05) is 0 Å². The van der Waals surface area contributed by atoms with Gasteiger partial charge < -0.3 is 15.8 Å². The number of rotatable bonds is 5. The van der Waals surface area contributed by atoms with Crippen LogP contribution in [0, 0.1) is 5.92 Å². The highest BCUT2D eigenvalue weighted by Crippen LogP contribution is 2.30. The fourth-order valence-corrected chi connectivity index (χ4v) is 1.91. The van der Waals surface area contributed by atoms with Crippen molar-refractivity contribution in [2.24, 2.45) is 11.7 Å². The van der Waals surface area contributed by atoms with Gasteiger partial charge in [-0.05, 0) is 33.1 Å². The summed E-state index contributed by atoms with van der Waals surface area (Å²) in [5.74, 6) is -1.43. The molecule has 0 aliphatic heterocycles. The third kappa shape index (κ3) is 5.28. The van der Waals surface area contributed by atoms with Crippen LogP contribution in [0.2, 0.25) is 0 Å². The first kappa shape index (κ1) is 15.5. The van der Waals surface area contributed by atoms with Gasteiger partial charge in [-0.2, -0.15) is 0 Å². The SMILES string of the molecule is CC(C)(C)OC(=O)NC(CC1CCC1)C(=O)C(N)=O. The Morgan fingerprint density at radius 2 is 1.89 bits per heavy atom. The largest absolute Gasteiger partial charge is 0.444 e. The molecule has 108 valence electrons. The Kier molecular flexibility index (Phi) is 4.91. The van der Waals surface area contributed by atoms with E-state index in [2.05, 4.69) is 5.32 Å².